The maximum atomic E-state index is 11.2. The molecule has 0 fully saturated rings. The Morgan fingerprint density at radius 1 is 1.36 bits per heavy atom. The Morgan fingerprint density at radius 2 is 2.00 bits per heavy atom. The second-order valence-corrected chi connectivity index (χ2v) is 2.57. The van der Waals surface area contributed by atoms with Crippen molar-refractivity contribution in [3.63, 3.8) is 0 Å². The van der Waals surface area contributed by atoms with Crippen LogP contribution in [0.4, 0.5) is 0 Å². The first-order valence-electron chi connectivity index (χ1n) is 3.96. The predicted octanol–water partition coefficient (Wildman–Crippen LogP) is -0.565. The van der Waals surface area contributed by atoms with Crippen molar-refractivity contribution in [2.45, 2.75) is 0 Å². The Labute approximate surface area is 79.6 Å². The second-order valence-electron chi connectivity index (χ2n) is 2.57. The van der Waals surface area contributed by atoms with E-state index in [2.05, 4.69) is 10.3 Å². The molecule has 76 valence electrons. The largest absolute Gasteiger partial charge is 0.477 e. The highest BCUT2D eigenvalue weighted by molar-refractivity contribution is 5.95. The normalized spacial score (nSPS) is 9.79. The van der Waals surface area contributed by atoms with Crippen LogP contribution in [0.15, 0.2) is 12.1 Å². The average molecular weight is 198 g/mol. The third-order valence-electron chi connectivity index (χ3n) is 1.56. The molecule has 0 aliphatic heterocycles. The summed E-state index contributed by atoms with van der Waals surface area (Å²) in [5, 5.41) is 19.4. The Hall–Kier alpha value is -1.82. The molecule has 0 bridgehead atoms. The smallest absolute Gasteiger partial charge is 0.352 e. The number of hydrogen-bond acceptors (Lipinski definition) is 3. The highest BCUT2D eigenvalue weighted by Crippen LogP contribution is 2.01. The number of aliphatic hydroxyl groups excluding tert-OH is 1. The topological polar surface area (TPSA) is 102 Å². The number of rotatable bonds is 4. The van der Waals surface area contributed by atoms with E-state index in [4.69, 9.17) is 10.2 Å². The Balaban J connectivity index is 2.66. The first-order chi connectivity index (χ1) is 6.65. The van der Waals surface area contributed by atoms with Crippen LogP contribution in [0.5, 0.6) is 0 Å². The number of carboxylic acid groups (broad SMARTS) is 1. The van der Waals surface area contributed by atoms with Crippen LogP contribution in [0.25, 0.3) is 0 Å². The number of hydrogen-bond donors (Lipinski definition) is 4. The van der Waals surface area contributed by atoms with Gasteiger partial charge in [0.15, 0.2) is 0 Å². The molecule has 14 heavy (non-hydrogen) atoms. The molecule has 0 aliphatic rings. The van der Waals surface area contributed by atoms with E-state index in [1.165, 1.54) is 12.1 Å². The monoisotopic (exact) mass is 198 g/mol. The summed E-state index contributed by atoms with van der Waals surface area (Å²) in [6, 6.07) is 2.67. The minimum absolute atomic E-state index is 0.0425. The molecular formula is C8H10N2O4. The Bertz CT molecular complexity index is 345. The van der Waals surface area contributed by atoms with Crippen molar-refractivity contribution in [3.8, 4) is 0 Å². The first kappa shape index (κ1) is 10.3. The van der Waals surface area contributed by atoms with Crippen LogP contribution >= 0.6 is 0 Å². The molecule has 0 aromatic carbocycles. The van der Waals surface area contributed by atoms with E-state index in [0.717, 1.165) is 0 Å². The van der Waals surface area contributed by atoms with Gasteiger partial charge in [-0.3, -0.25) is 4.79 Å². The molecule has 0 unspecified atom stereocenters. The van der Waals surface area contributed by atoms with E-state index in [1.54, 1.807) is 0 Å². The van der Waals surface area contributed by atoms with Gasteiger partial charge in [0.25, 0.3) is 5.91 Å². The number of carbonyl (C=O) groups is 2. The van der Waals surface area contributed by atoms with Gasteiger partial charge in [-0.15, -0.1) is 0 Å². The quantitative estimate of drug-likeness (QED) is 0.520. The average Bonchev–Trinajstić information content (AvgIpc) is 2.62. The van der Waals surface area contributed by atoms with Crippen LogP contribution in [0.3, 0.4) is 0 Å². The molecule has 1 amide bonds. The standard InChI is InChI=1S/C8H10N2O4/c11-4-3-9-7(12)5-1-2-6(10-5)8(13)14/h1-2,10-11H,3-4H2,(H,9,12)(H,13,14). The van der Waals surface area contributed by atoms with Gasteiger partial charge in [0.2, 0.25) is 0 Å². The predicted molar refractivity (Wildman–Crippen MR) is 47.2 cm³/mol. The number of carbonyl (C=O) groups excluding carboxylic acids is 1. The van der Waals surface area contributed by atoms with Crippen LogP contribution in [0, 0.1) is 0 Å². The van der Waals surface area contributed by atoms with E-state index in [0.29, 0.717) is 0 Å². The van der Waals surface area contributed by atoms with E-state index < -0.39 is 11.9 Å². The van der Waals surface area contributed by atoms with Crippen LogP contribution in [0.2, 0.25) is 0 Å². The van der Waals surface area contributed by atoms with Crippen LogP contribution in [-0.2, 0) is 0 Å². The lowest BCUT2D eigenvalue weighted by Crippen LogP contribution is -2.26. The Kier molecular flexibility index (Phi) is 3.24. The molecule has 0 atom stereocenters. The van der Waals surface area contributed by atoms with Gasteiger partial charge < -0.3 is 20.5 Å². The van der Waals surface area contributed by atoms with E-state index in [-0.39, 0.29) is 24.5 Å². The van der Waals surface area contributed by atoms with Crippen molar-refractivity contribution in [3.05, 3.63) is 23.5 Å². The molecule has 1 heterocycles. The van der Waals surface area contributed by atoms with Gasteiger partial charge in [-0.05, 0) is 12.1 Å². The minimum atomic E-state index is -1.12. The van der Waals surface area contributed by atoms with Crippen LogP contribution < -0.4 is 5.32 Å². The molecule has 1 rings (SSSR count). The summed E-state index contributed by atoms with van der Waals surface area (Å²) in [6.07, 6.45) is 0. The second kappa shape index (κ2) is 4.43. The number of aromatic nitrogens is 1. The van der Waals surface area contributed by atoms with Gasteiger partial charge in [-0.1, -0.05) is 0 Å². The molecule has 4 N–H and O–H groups in total. The fourth-order valence-electron chi connectivity index (χ4n) is 0.917. The molecule has 1 aromatic heterocycles. The van der Waals surface area contributed by atoms with Gasteiger partial charge >= 0.3 is 5.97 Å². The minimum Gasteiger partial charge on any atom is -0.477 e. The number of nitrogens with one attached hydrogen (secondary N) is 2. The number of aliphatic hydroxyl groups is 1. The summed E-state index contributed by atoms with van der Waals surface area (Å²) in [5.74, 6) is -1.56. The lowest BCUT2D eigenvalue weighted by atomic mass is 10.4. The summed E-state index contributed by atoms with van der Waals surface area (Å²) in [6.45, 7) is -0.0154. The van der Waals surface area contributed by atoms with E-state index in [1.807, 2.05) is 0 Å². The zero-order chi connectivity index (χ0) is 10.6. The molecular weight excluding hydrogens is 188 g/mol. The van der Waals surface area contributed by atoms with E-state index >= 15 is 0 Å². The number of aromatic amines is 1. The third kappa shape index (κ3) is 2.33. The lowest BCUT2D eigenvalue weighted by molar-refractivity contribution is 0.0691. The summed E-state index contributed by atoms with van der Waals surface area (Å²) < 4.78 is 0. The SMILES string of the molecule is O=C(O)c1ccc(C(=O)NCCO)[nH]1. The fourth-order valence-corrected chi connectivity index (χ4v) is 0.917. The number of amides is 1. The van der Waals surface area contributed by atoms with Gasteiger partial charge in [0, 0.05) is 6.54 Å². The van der Waals surface area contributed by atoms with Crippen molar-refractivity contribution in [1.82, 2.24) is 10.3 Å². The molecule has 0 radical (unpaired) electrons. The van der Waals surface area contributed by atoms with E-state index in [9.17, 15) is 9.59 Å². The molecule has 6 heteroatoms. The van der Waals surface area contributed by atoms with Crippen molar-refractivity contribution in [2.75, 3.05) is 13.2 Å². The fraction of sp³-hybridized carbons (Fsp3) is 0.250. The molecule has 0 spiro atoms. The summed E-state index contributed by atoms with van der Waals surface area (Å²) in [4.78, 5) is 24.1. The summed E-state index contributed by atoms with van der Waals surface area (Å²) in [5.41, 5.74) is 0.120. The number of carboxylic acids is 1. The summed E-state index contributed by atoms with van der Waals surface area (Å²) in [7, 11) is 0. The first-order valence-corrected chi connectivity index (χ1v) is 3.96. The molecule has 1 aromatic rings. The Morgan fingerprint density at radius 3 is 2.50 bits per heavy atom. The van der Waals surface area contributed by atoms with Gasteiger partial charge in [-0.2, -0.15) is 0 Å². The van der Waals surface area contributed by atoms with Crippen LogP contribution in [-0.4, -0.2) is 40.2 Å². The maximum absolute atomic E-state index is 11.2. The molecule has 0 saturated heterocycles. The maximum Gasteiger partial charge on any atom is 0.352 e. The highest BCUT2D eigenvalue weighted by Gasteiger charge is 2.10. The van der Waals surface area contributed by atoms with Crippen molar-refractivity contribution < 1.29 is 19.8 Å². The molecule has 0 aliphatic carbocycles. The molecule has 6 nitrogen and oxygen atoms in total. The van der Waals surface area contributed by atoms with Gasteiger partial charge in [-0.25, -0.2) is 4.79 Å². The van der Waals surface area contributed by atoms with Gasteiger partial charge in [0.1, 0.15) is 11.4 Å². The van der Waals surface area contributed by atoms with Crippen molar-refractivity contribution in [1.29, 1.82) is 0 Å². The van der Waals surface area contributed by atoms with Crippen molar-refractivity contribution in [2.24, 2.45) is 0 Å². The highest BCUT2D eigenvalue weighted by atomic mass is 16.4. The zero-order valence-electron chi connectivity index (χ0n) is 7.28. The lowest BCUT2D eigenvalue weighted by Gasteiger charge is -1.99. The molecule has 0 saturated carbocycles. The summed E-state index contributed by atoms with van der Waals surface area (Å²) >= 11 is 0. The number of aromatic carboxylic acids is 1. The third-order valence-corrected chi connectivity index (χ3v) is 1.56. The van der Waals surface area contributed by atoms with Crippen LogP contribution in [0.1, 0.15) is 21.0 Å². The van der Waals surface area contributed by atoms with Gasteiger partial charge in [0.05, 0.1) is 6.61 Å². The number of H-pyrrole nitrogens is 1. The zero-order valence-corrected chi connectivity index (χ0v) is 7.28. The van der Waals surface area contributed by atoms with Crippen molar-refractivity contribution >= 4 is 11.9 Å².